The third kappa shape index (κ3) is 4.07. The van der Waals surface area contributed by atoms with E-state index in [0.29, 0.717) is 42.1 Å². The van der Waals surface area contributed by atoms with Crippen LogP contribution >= 0.6 is 27.3 Å². The lowest BCUT2D eigenvalue weighted by molar-refractivity contribution is -0.139. The Balaban J connectivity index is 1.73. The summed E-state index contributed by atoms with van der Waals surface area (Å²) >= 11 is 4.63. The van der Waals surface area contributed by atoms with Gasteiger partial charge in [0.1, 0.15) is 0 Å². The predicted molar refractivity (Wildman–Crippen MR) is 135 cm³/mol. The van der Waals surface area contributed by atoms with Gasteiger partial charge in [-0.2, -0.15) is 0 Å². The molecule has 0 unspecified atom stereocenters. The summed E-state index contributed by atoms with van der Waals surface area (Å²) in [6, 6.07) is 7.68. The standard InChI is InChI=1S/C25H21BrN2O7S/c1-4-33-24(31)21-12(2)27-25-28(22(21)13-5-6-17-19(7-13)35-11-34-17)23(30)20(36-25)9-14-8-18(32-3)16(29)10-15(14)26/h5-10,22,29H,4,11H2,1-3H3/b20-9+/t22-/m1/s1. The van der Waals surface area contributed by atoms with Gasteiger partial charge in [-0.1, -0.05) is 33.3 Å². The number of phenols is 1. The molecule has 0 bridgehead atoms. The van der Waals surface area contributed by atoms with Crippen molar-refractivity contribution in [2.75, 3.05) is 20.5 Å². The first-order valence-corrected chi connectivity index (χ1v) is 12.6. The van der Waals surface area contributed by atoms with Gasteiger partial charge in [0, 0.05) is 4.47 Å². The molecule has 11 heteroatoms. The van der Waals surface area contributed by atoms with E-state index >= 15 is 0 Å². The van der Waals surface area contributed by atoms with E-state index in [0.717, 1.165) is 0 Å². The van der Waals surface area contributed by atoms with Crippen molar-refractivity contribution in [1.29, 1.82) is 0 Å². The van der Waals surface area contributed by atoms with Crippen molar-refractivity contribution in [2.45, 2.75) is 19.9 Å². The molecule has 9 nitrogen and oxygen atoms in total. The molecule has 5 rings (SSSR count). The molecule has 1 N–H and O–H groups in total. The summed E-state index contributed by atoms with van der Waals surface area (Å²) in [6.45, 7) is 3.74. The van der Waals surface area contributed by atoms with Crippen molar-refractivity contribution in [1.82, 2.24) is 4.57 Å². The highest BCUT2D eigenvalue weighted by atomic mass is 79.9. The van der Waals surface area contributed by atoms with Gasteiger partial charge in [0.25, 0.3) is 5.56 Å². The van der Waals surface area contributed by atoms with Crippen LogP contribution in [0.3, 0.4) is 0 Å². The van der Waals surface area contributed by atoms with E-state index in [1.807, 2.05) is 0 Å². The van der Waals surface area contributed by atoms with Gasteiger partial charge in [-0.15, -0.1) is 0 Å². The topological polar surface area (TPSA) is 109 Å². The van der Waals surface area contributed by atoms with Gasteiger partial charge in [0.15, 0.2) is 27.8 Å². The van der Waals surface area contributed by atoms with Crippen molar-refractivity contribution in [3.05, 3.63) is 76.9 Å². The van der Waals surface area contributed by atoms with Crippen molar-refractivity contribution in [3.8, 4) is 23.0 Å². The molecule has 2 aliphatic rings. The first kappa shape index (κ1) is 24.1. The fraction of sp³-hybridized carbons (Fsp3) is 0.240. The second kappa shape index (κ2) is 9.47. The highest BCUT2D eigenvalue weighted by molar-refractivity contribution is 9.10. The molecule has 36 heavy (non-hydrogen) atoms. The molecular formula is C25H21BrN2O7S. The zero-order valence-electron chi connectivity index (χ0n) is 19.5. The number of benzene rings is 2. The van der Waals surface area contributed by atoms with E-state index in [1.165, 1.54) is 29.1 Å². The Labute approximate surface area is 217 Å². The molecule has 1 atom stereocenters. The average Bonchev–Trinajstić information content (AvgIpc) is 3.43. The van der Waals surface area contributed by atoms with Crippen LogP contribution in [0.15, 0.2) is 55.9 Å². The largest absolute Gasteiger partial charge is 0.504 e. The number of carbonyl (C=O) groups is 1. The number of esters is 1. The molecule has 2 aliphatic heterocycles. The molecule has 0 aliphatic carbocycles. The van der Waals surface area contributed by atoms with E-state index in [9.17, 15) is 14.7 Å². The van der Waals surface area contributed by atoms with Crippen molar-refractivity contribution < 1.29 is 28.8 Å². The van der Waals surface area contributed by atoms with E-state index in [-0.39, 0.29) is 36.0 Å². The van der Waals surface area contributed by atoms with Crippen LogP contribution < -0.4 is 29.1 Å². The Morgan fingerprint density at radius 2 is 2.08 bits per heavy atom. The lowest BCUT2D eigenvalue weighted by Crippen LogP contribution is -2.39. The number of hydrogen-bond acceptors (Lipinski definition) is 9. The third-order valence-electron chi connectivity index (χ3n) is 5.81. The van der Waals surface area contributed by atoms with Crippen molar-refractivity contribution in [2.24, 2.45) is 4.99 Å². The van der Waals surface area contributed by atoms with Crippen LogP contribution in [-0.4, -0.2) is 36.2 Å². The Morgan fingerprint density at radius 3 is 2.83 bits per heavy atom. The maximum Gasteiger partial charge on any atom is 0.338 e. The fourth-order valence-electron chi connectivity index (χ4n) is 4.16. The van der Waals surface area contributed by atoms with Crippen LogP contribution in [0.2, 0.25) is 0 Å². The van der Waals surface area contributed by atoms with E-state index in [2.05, 4.69) is 20.9 Å². The molecule has 0 saturated heterocycles. The van der Waals surface area contributed by atoms with Crippen LogP contribution in [0.1, 0.15) is 31.0 Å². The number of nitrogens with zero attached hydrogens (tertiary/aromatic N) is 2. The lowest BCUT2D eigenvalue weighted by Gasteiger charge is -2.24. The Bertz CT molecular complexity index is 1610. The SMILES string of the molecule is CCOC(=O)C1=C(C)N=c2s/c(=C/c3cc(OC)c(O)cc3Br)c(=O)n2[C@@H]1c1ccc2c(c1)OCO2. The minimum atomic E-state index is -0.769. The number of allylic oxidation sites excluding steroid dienone is 1. The molecular weight excluding hydrogens is 552 g/mol. The van der Waals surface area contributed by atoms with Crippen LogP contribution in [0.5, 0.6) is 23.0 Å². The molecule has 2 aromatic carbocycles. The van der Waals surface area contributed by atoms with Gasteiger partial charge >= 0.3 is 5.97 Å². The van der Waals surface area contributed by atoms with E-state index in [4.69, 9.17) is 18.9 Å². The minimum absolute atomic E-state index is 0.0273. The lowest BCUT2D eigenvalue weighted by atomic mass is 9.95. The number of ether oxygens (including phenoxy) is 4. The number of hydrogen-bond donors (Lipinski definition) is 1. The van der Waals surface area contributed by atoms with Crippen LogP contribution in [0, 0.1) is 0 Å². The molecule has 3 heterocycles. The summed E-state index contributed by atoms with van der Waals surface area (Å²) in [7, 11) is 1.45. The number of aromatic hydroxyl groups is 1. The number of aromatic nitrogens is 1. The maximum atomic E-state index is 13.8. The number of phenolic OH excluding ortho intramolecular Hbond substituents is 1. The second-order valence-electron chi connectivity index (χ2n) is 7.96. The molecule has 186 valence electrons. The van der Waals surface area contributed by atoms with Crippen LogP contribution in [0.25, 0.3) is 6.08 Å². The van der Waals surface area contributed by atoms with Crippen molar-refractivity contribution >= 4 is 39.3 Å². The molecule has 1 aromatic heterocycles. The van der Waals surface area contributed by atoms with Gasteiger partial charge in [-0.05, 0) is 55.3 Å². The third-order valence-corrected chi connectivity index (χ3v) is 7.48. The summed E-state index contributed by atoms with van der Waals surface area (Å²) < 4.78 is 24.0. The number of rotatable bonds is 5. The normalized spacial score (nSPS) is 16.6. The molecule has 0 amide bonds. The van der Waals surface area contributed by atoms with E-state index in [1.54, 1.807) is 44.2 Å². The van der Waals surface area contributed by atoms with Crippen LogP contribution in [0.4, 0.5) is 0 Å². The number of methoxy groups -OCH3 is 1. The summed E-state index contributed by atoms with van der Waals surface area (Å²) in [5.41, 5.74) is 1.72. The molecule has 3 aromatic rings. The van der Waals surface area contributed by atoms with Gasteiger partial charge < -0.3 is 24.1 Å². The van der Waals surface area contributed by atoms with Gasteiger partial charge in [-0.3, -0.25) is 9.36 Å². The number of carbonyl (C=O) groups excluding carboxylic acids is 1. The summed E-state index contributed by atoms with van der Waals surface area (Å²) in [5, 5.41) is 10.0. The second-order valence-corrected chi connectivity index (χ2v) is 9.82. The quantitative estimate of drug-likeness (QED) is 0.468. The predicted octanol–water partition coefficient (Wildman–Crippen LogP) is 3.00. The highest BCUT2D eigenvalue weighted by Crippen LogP contribution is 2.38. The zero-order valence-corrected chi connectivity index (χ0v) is 21.9. The Hall–Kier alpha value is -3.57. The molecule has 0 fully saturated rings. The van der Waals surface area contributed by atoms with E-state index < -0.39 is 12.0 Å². The molecule has 0 spiro atoms. The average molecular weight is 573 g/mol. The van der Waals surface area contributed by atoms with Gasteiger partial charge in [0.05, 0.1) is 35.6 Å². The molecule has 0 radical (unpaired) electrons. The van der Waals surface area contributed by atoms with Crippen molar-refractivity contribution in [3.63, 3.8) is 0 Å². The number of thiazole rings is 1. The maximum absolute atomic E-state index is 13.8. The Morgan fingerprint density at radius 1 is 1.31 bits per heavy atom. The highest BCUT2D eigenvalue weighted by Gasteiger charge is 2.34. The summed E-state index contributed by atoms with van der Waals surface area (Å²) in [5.74, 6) is 0.835. The Kier molecular flexibility index (Phi) is 6.35. The number of fused-ring (bicyclic) bond motifs is 2. The fourth-order valence-corrected chi connectivity index (χ4v) is 5.65. The summed E-state index contributed by atoms with van der Waals surface area (Å²) in [4.78, 5) is 31.8. The van der Waals surface area contributed by atoms with Crippen LogP contribution in [-0.2, 0) is 9.53 Å². The first-order valence-electron chi connectivity index (χ1n) is 11.0. The first-order chi connectivity index (χ1) is 17.3. The monoisotopic (exact) mass is 572 g/mol. The smallest absolute Gasteiger partial charge is 0.338 e. The zero-order chi connectivity index (χ0) is 25.6. The molecule has 0 saturated carbocycles. The summed E-state index contributed by atoms with van der Waals surface area (Å²) in [6.07, 6.45) is 1.69. The minimum Gasteiger partial charge on any atom is -0.504 e. The van der Waals surface area contributed by atoms with Gasteiger partial charge in [-0.25, -0.2) is 9.79 Å². The van der Waals surface area contributed by atoms with Gasteiger partial charge in [0.2, 0.25) is 6.79 Å². The number of halogens is 1.